The van der Waals surface area contributed by atoms with Crippen LogP contribution in [0.5, 0.6) is 11.5 Å². The summed E-state index contributed by atoms with van der Waals surface area (Å²) in [4.78, 5) is 11.0. The van der Waals surface area contributed by atoms with Crippen molar-refractivity contribution in [1.82, 2.24) is 0 Å². The van der Waals surface area contributed by atoms with Crippen LogP contribution in [0.25, 0.3) is 0 Å². The number of carbonyl (C=O) groups excluding carboxylic acids is 1. The van der Waals surface area contributed by atoms with E-state index >= 15 is 0 Å². The Morgan fingerprint density at radius 2 is 2.06 bits per heavy atom. The summed E-state index contributed by atoms with van der Waals surface area (Å²) < 4.78 is 21.5. The van der Waals surface area contributed by atoms with E-state index in [9.17, 15) is 4.79 Å². The summed E-state index contributed by atoms with van der Waals surface area (Å²) in [5.74, 6) is -0.0813. The minimum absolute atomic E-state index is 0.368. The standard InChI is InChI=1S/C13H16O5/c1-9(14)18-10-4-5-12-11(8-10)13(15-2,16-3)6-7-17-12/h4-5,8H,6-7H2,1-3H3. The number of hydrogen-bond acceptors (Lipinski definition) is 5. The predicted molar refractivity (Wildman–Crippen MR) is 63.6 cm³/mol. The molecular formula is C13H16O5. The molecule has 0 unspecified atom stereocenters. The molecule has 1 aliphatic rings. The fourth-order valence-electron chi connectivity index (χ4n) is 2.10. The Morgan fingerprint density at radius 1 is 1.33 bits per heavy atom. The van der Waals surface area contributed by atoms with Crippen LogP contribution in [0, 0.1) is 0 Å². The van der Waals surface area contributed by atoms with E-state index in [0.717, 1.165) is 5.56 Å². The number of esters is 1. The second kappa shape index (κ2) is 4.96. The lowest BCUT2D eigenvalue weighted by Gasteiger charge is -2.36. The van der Waals surface area contributed by atoms with Crippen LogP contribution < -0.4 is 9.47 Å². The molecule has 0 aromatic heterocycles. The first-order valence-corrected chi connectivity index (χ1v) is 5.67. The molecule has 0 N–H and O–H groups in total. The maximum atomic E-state index is 11.0. The van der Waals surface area contributed by atoms with Gasteiger partial charge in [-0.25, -0.2) is 0 Å². The van der Waals surface area contributed by atoms with Gasteiger partial charge in [0.05, 0.1) is 12.2 Å². The molecule has 2 rings (SSSR count). The van der Waals surface area contributed by atoms with E-state index in [4.69, 9.17) is 18.9 Å². The van der Waals surface area contributed by atoms with Crippen molar-refractivity contribution in [2.24, 2.45) is 0 Å². The highest BCUT2D eigenvalue weighted by Crippen LogP contribution is 2.41. The fraction of sp³-hybridized carbons (Fsp3) is 0.462. The summed E-state index contributed by atoms with van der Waals surface area (Å²) in [6.45, 7) is 1.87. The number of fused-ring (bicyclic) bond motifs is 1. The first-order chi connectivity index (χ1) is 8.61. The molecule has 1 heterocycles. The van der Waals surface area contributed by atoms with E-state index < -0.39 is 5.79 Å². The Morgan fingerprint density at radius 3 is 2.67 bits per heavy atom. The van der Waals surface area contributed by atoms with Crippen molar-refractivity contribution in [2.75, 3.05) is 20.8 Å². The normalized spacial score (nSPS) is 16.6. The second-order valence-electron chi connectivity index (χ2n) is 4.01. The van der Waals surface area contributed by atoms with Gasteiger partial charge in [-0.05, 0) is 18.2 Å². The molecule has 0 bridgehead atoms. The zero-order valence-corrected chi connectivity index (χ0v) is 10.7. The van der Waals surface area contributed by atoms with Gasteiger partial charge in [0.15, 0.2) is 0 Å². The minimum atomic E-state index is -0.844. The molecule has 0 aliphatic carbocycles. The first-order valence-electron chi connectivity index (χ1n) is 5.67. The number of hydrogen-bond donors (Lipinski definition) is 0. The van der Waals surface area contributed by atoms with Crippen LogP contribution in [-0.2, 0) is 20.1 Å². The van der Waals surface area contributed by atoms with Crippen molar-refractivity contribution >= 4 is 5.97 Å². The number of ether oxygens (including phenoxy) is 4. The zero-order valence-electron chi connectivity index (χ0n) is 10.7. The summed E-state index contributed by atoms with van der Waals surface area (Å²) in [5, 5.41) is 0. The van der Waals surface area contributed by atoms with Gasteiger partial charge in [-0.15, -0.1) is 0 Å². The third kappa shape index (κ3) is 2.19. The van der Waals surface area contributed by atoms with Crippen LogP contribution >= 0.6 is 0 Å². The third-order valence-corrected chi connectivity index (χ3v) is 2.97. The Kier molecular flexibility index (Phi) is 3.54. The van der Waals surface area contributed by atoms with Crippen LogP contribution in [0.2, 0.25) is 0 Å². The molecule has 98 valence electrons. The maximum absolute atomic E-state index is 11.0. The molecule has 1 aromatic carbocycles. The summed E-state index contributed by atoms with van der Waals surface area (Å²) in [6, 6.07) is 5.14. The quantitative estimate of drug-likeness (QED) is 0.467. The van der Waals surface area contributed by atoms with Crippen LogP contribution in [0.3, 0.4) is 0 Å². The average molecular weight is 252 g/mol. The zero-order chi connectivity index (χ0) is 13.2. The van der Waals surface area contributed by atoms with Gasteiger partial charge in [0, 0.05) is 27.6 Å². The highest BCUT2D eigenvalue weighted by Gasteiger charge is 2.38. The van der Waals surface area contributed by atoms with Gasteiger partial charge < -0.3 is 18.9 Å². The van der Waals surface area contributed by atoms with Crippen molar-refractivity contribution in [3.63, 3.8) is 0 Å². The van der Waals surface area contributed by atoms with Crippen molar-refractivity contribution in [2.45, 2.75) is 19.1 Å². The van der Waals surface area contributed by atoms with Crippen LogP contribution in [0.4, 0.5) is 0 Å². The van der Waals surface area contributed by atoms with E-state index in [1.165, 1.54) is 6.92 Å². The van der Waals surface area contributed by atoms with Gasteiger partial charge in [-0.2, -0.15) is 0 Å². The third-order valence-electron chi connectivity index (χ3n) is 2.97. The van der Waals surface area contributed by atoms with E-state index in [1.54, 1.807) is 32.4 Å². The van der Waals surface area contributed by atoms with Gasteiger partial charge in [0.25, 0.3) is 0 Å². The van der Waals surface area contributed by atoms with E-state index in [1.807, 2.05) is 0 Å². The molecule has 0 amide bonds. The molecule has 0 saturated heterocycles. The average Bonchev–Trinajstić information content (AvgIpc) is 2.37. The van der Waals surface area contributed by atoms with Crippen LogP contribution in [0.15, 0.2) is 18.2 Å². The summed E-state index contributed by atoms with van der Waals surface area (Å²) in [6.07, 6.45) is 0.580. The Hall–Kier alpha value is -1.59. The summed E-state index contributed by atoms with van der Waals surface area (Å²) in [5.41, 5.74) is 0.734. The van der Waals surface area contributed by atoms with Gasteiger partial charge in [0.1, 0.15) is 11.5 Å². The molecule has 0 saturated carbocycles. The van der Waals surface area contributed by atoms with E-state index in [-0.39, 0.29) is 5.97 Å². The molecule has 0 spiro atoms. The Balaban J connectivity index is 2.43. The number of methoxy groups -OCH3 is 2. The minimum Gasteiger partial charge on any atom is -0.493 e. The van der Waals surface area contributed by atoms with Crippen LogP contribution in [0.1, 0.15) is 18.9 Å². The van der Waals surface area contributed by atoms with Gasteiger partial charge in [-0.3, -0.25) is 4.79 Å². The molecule has 0 fully saturated rings. The topological polar surface area (TPSA) is 54.0 Å². The largest absolute Gasteiger partial charge is 0.493 e. The van der Waals surface area contributed by atoms with Crippen molar-refractivity contribution in [1.29, 1.82) is 0 Å². The van der Waals surface area contributed by atoms with Gasteiger partial charge >= 0.3 is 5.97 Å². The number of benzene rings is 1. The molecule has 1 aromatic rings. The van der Waals surface area contributed by atoms with E-state index in [0.29, 0.717) is 24.5 Å². The molecule has 18 heavy (non-hydrogen) atoms. The summed E-state index contributed by atoms with van der Waals surface area (Å²) in [7, 11) is 3.16. The van der Waals surface area contributed by atoms with Gasteiger partial charge in [0.2, 0.25) is 5.79 Å². The lowest BCUT2D eigenvalue weighted by molar-refractivity contribution is -0.230. The second-order valence-corrected chi connectivity index (χ2v) is 4.01. The molecule has 0 atom stereocenters. The smallest absolute Gasteiger partial charge is 0.308 e. The molecule has 5 nitrogen and oxygen atoms in total. The van der Waals surface area contributed by atoms with Crippen LogP contribution in [-0.4, -0.2) is 26.8 Å². The first kappa shape index (κ1) is 12.9. The number of rotatable bonds is 3. The van der Waals surface area contributed by atoms with Crippen molar-refractivity contribution in [3.05, 3.63) is 23.8 Å². The maximum Gasteiger partial charge on any atom is 0.308 e. The summed E-state index contributed by atoms with van der Waals surface area (Å²) >= 11 is 0. The lowest BCUT2D eigenvalue weighted by Crippen LogP contribution is -2.36. The molecule has 0 radical (unpaired) electrons. The number of carbonyl (C=O) groups is 1. The van der Waals surface area contributed by atoms with Crippen molar-refractivity contribution in [3.8, 4) is 11.5 Å². The SMILES string of the molecule is COC1(OC)CCOc2ccc(OC(C)=O)cc21. The lowest BCUT2D eigenvalue weighted by atomic mass is 9.98. The van der Waals surface area contributed by atoms with Gasteiger partial charge in [-0.1, -0.05) is 0 Å². The Bertz CT molecular complexity index is 451. The molecule has 1 aliphatic heterocycles. The fourth-order valence-corrected chi connectivity index (χ4v) is 2.10. The predicted octanol–water partition coefficient (Wildman–Crippen LogP) is 1.84. The Labute approximate surface area is 106 Å². The monoisotopic (exact) mass is 252 g/mol. The molecular weight excluding hydrogens is 236 g/mol. The highest BCUT2D eigenvalue weighted by molar-refractivity contribution is 5.69. The molecule has 5 heteroatoms. The highest BCUT2D eigenvalue weighted by atomic mass is 16.7. The van der Waals surface area contributed by atoms with E-state index in [2.05, 4.69) is 0 Å². The van der Waals surface area contributed by atoms with Crippen molar-refractivity contribution < 1.29 is 23.7 Å².